The fourth-order valence-electron chi connectivity index (χ4n) is 5.33. The third kappa shape index (κ3) is 5.55. The molecule has 2 aromatic carbocycles. The van der Waals surface area contributed by atoms with Crippen molar-refractivity contribution < 1.29 is 45.7 Å². The monoisotopic (exact) mass is 545 g/mol. The minimum Gasteiger partial charge on any atom is -0.396 e. The topological polar surface area (TPSA) is 67.8 Å². The van der Waals surface area contributed by atoms with E-state index in [1.54, 1.807) is 18.2 Å². The van der Waals surface area contributed by atoms with Gasteiger partial charge in [-0.2, -0.15) is 26.3 Å². The molecule has 1 unspecified atom stereocenters. The van der Waals surface area contributed by atoms with Crippen LogP contribution >= 0.6 is 0 Å². The molecule has 1 heterocycles. The number of benzene rings is 2. The highest BCUT2D eigenvalue weighted by Crippen LogP contribution is 2.46. The Morgan fingerprint density at radius 2 is 1.37 bits per heavy atom. The summed E-state index contributed by atoms with van der Waals surface area (Å²) in [6.45, 7) is 1.50. The van der Waals surface area contributed by atoms with E-state index < -0.39 is 64.7 Å². The van der Waals surface area contributed by atoms with Crippen molar-refractivity contribution >= 4 is 5.91 Å². The standard InChI is InChI=1S/C27H29F6NO4/c1-23(11-12-35,19-15-20(26(28,29)30)17-21(16-19)27(31,32)33)22(36)34-24(18-5-3-2-4-6-18)7-9-25(10-8-24)37-13-14-38-25/h2-6,15-17,35H,7-14H2,1H3,(H,34,36). The van der Waals surface area contributed by atoms with Crippen LogP contribution in [0.4, 0.5) is 26.3 Å². The highest BCUT2D eigenvalue weighted by Gasteiger charge is 2.50. The Labute approximate surface area is 216 Å². The van der Waals surface area contributed by atoms with E-state index in [0.29, 0.717) is 51.0 Å². The minimum absolute atomic E-state index is 0.0222. The van der Waals surface area contributed by atoms with Gasteiger partial charge in [0.15, 0.2) is 5.79 Å². The maximum absolute atomic E-state index is 13.9. The van der Waals surface area contributed by atoms with Gasteiger partial charge in [0.2, 0.25) is 5.91 Å². The molecule has 1 aliphatic heterocycles. The molecule has 2 N–H and O–H groups in total. The van der Waals surface area contributed by atoms with Gasteiger partial charge in [0, 0.05) is 19.4 Å². The summed E-state index contributed by atoms with van der Waals surface area (Å²) in [5, 5.41) is 12.7. The molecule has 1 spiro atoms. The third-order valence-electron chi connectivity index (χ3n) is 7.70. The Balaban J connectivity index is 1.75. The summed E-state index contributed by atoms with van der Waals surface area (Å²) in [4.78, 5) is 13.9. The van der Waals surface area contributed by atoms with Crippen LogP contribution in [0.3, 0.4) is 0 Å². The Kier molecular flexibility index (Phi) is 7.59. The van der Waals surface area contributed by atoms with E-state index in [0.717, 1.165) is 5.56 Å². The largest absolute Gasteiger partial charge is 0.416 e. The number of aliphatic hydroxyl groups is 1. The second-order valence-electron chi connectivity index (χ2n) is 10.1. The second-order valence-corrected chi connectivity index (χ2v) is 10.1. The molecule has 0 radical (unpaired) electrons. The first-order valence-corrected chi connectivity index (χ1v) is 12.3. The van der Waals surface area contributed by atoms with Gasteiger partial charge in [-0.1, -0.05) is 30.3 Å². The number of carbonyl (C=O) groups excluding carboxylic acids is 1. The van der Waals surface area contributed by atoms with E-state index in [-0.39, 0.29) is 6.07 Å². The Hall–Kier alpha value is -2.63. The number of aliphatic hydroxyl groups excluding tert-OH is 1. The SMILES string of the molecule is CC(CCO)(C(=O)NC1(c2ccccc2)CCC2(CC1)OCCO2)c1cc(C(F)(F)F)cc(C(F)(F)F)c1. The van der Waals surface area contributed by atoms with E-state index in [1.165, 1.54) is 6.92 Å². The molecule has 1 amide bonds. The van der Waals surface area contributed by atoms with Gasteiger partial charge >= 0.3 is 12.4 Å². The Morgan fingerprint density at radius 3 is 1.84 bits per heavy atom. The van der Waals surface area contributed by atoms with E-state index in [1.807, 2.05) is 12.1 Å². The van der Waals surface area contributed by atoms with Gasteiger partial charge in [-0.15, -0.1) is 0 Å². The maximum Gasteiger partial charge on any atom is 0.416 e. The zero-order valence-corrected chi connectivity index (χ0v) is 20.7. The molecule has 0 aromatic heterocycles. The van der Waals surface area contributed by atoms with E-state index >= 15 is 0 Å². The van der Waals surface area contributed by atoms with Crippen molar-refractivity contribution in [3.63, 3.8) is 0 Å². The third-order valence-corrected chi connectivity index (χ3v) is 7.70. The van der Waals surface area contributed by atoms with Crippen LogP contribution in [0.5, 0.6) is 0 Å². The Morgan fingerprint density at radius 1 is 0.868 bits per heavy atom. The van der Waals surface area contributed by atoms with Crippen molar-refractivity contribution in [2.75, 3.05) is 19.8 Å². The zero-order valence-electron chi connectivity index (χ0n) is 20.7. The summed E-state index contributed by atoms with van der Waals surface area (Å²) in [6.07, 6.45) is -8.93. The lowest BCUT2D eigenvalue weighted by molar-refractivity contribution is -0.188. The number of carbonyl (C=O) groups is 1. The van der Waals surface area contributed by atoms with Gasteiger partial charge < -0.3 is 19.9 Å². The molecule has 1 aliphatic carbocycles. The summed E-state index contributed by atoms with van der Waals surface area (Å²) in [5.41, 5.74) is -5.65. The van der Waals surface area contributed by atoms with Crippen LogP contribution in [0.25, 0.3) is 0 Å². The average Bonchev–Trinajstić information content (AvgIpc) is 3.33. The lowest BCUT2D eigenvalue weighted by atomic mass is 9.72. The molecular formula is C27H29F6NO4. The number of hydrogen-bond acceptors (Lipinski definition) is 4. The van der Waals surface area contributed by atoms with Gasteiger partial charge in [0.1, 0.15) is 0 Å². The summed E-state index contributed by atoms with van der Waals surface area (Å²) in [7, 11) is 0. The van der Waals surface area contributed by atoms with Gasteiger partial charge in [0.05, 0.1) is 35.3 Å². The zero-order chi connectivity index (χ0) is 27.8. The maximum atomic E-state index is 13.9. The van der Waals surface area contributed by atoms with Gasteiger partial charge in [-0.3, -0.25) is 4.79 Å². The van der Waals surface area contributed by atoms with E-state index in [9.17, 15) is 36.2 Å². The van der Waals surface area contributed by atoms with E-state index in [4.69, 9.17) is 9.47 Å². The quantitative estimate of drug-likeness (QED) is 0.458. The van der Waals surface area contributed by atoms with Crippen LogP contribution in [-0.2, 0) is 37.6 Å². The van der Waals surface area contributed by atoms with Gasteiger partial charge in [-0.05, 0) is 55.5 Å². The normalized spacial score (nSPS) is 20.7. The van der Waals surface area contributed by atoms with Crippen molar-refractivity contribution in [1.82, 2.24) is 5.32 Å². The number of nitrogens with one attached hydrogen (secondary N) is 1. The first-order valence-electron chi connectivity index (χ1n) is 12.3. The van der Waals surface area contributed by atoms with Crippen LogP contribution < -0.4 is 5.32 Å². The summed E-state index contributed by atoms with van der Waals surface area (Å²) < 4.78 is 93.0. The predicted molar refractivity (Wildman–Crippen MR) is 125 cm³/mol. The predicted octanol–water partition coefficient (Wildman–Crippen LogP) is 5.69. The fourth-order valence-corrected chi connectivity index (χ4v) is 5.33. The molecule has 2 fully saturated rings. The number of rotatable bonds is 6. The summed E-state index contributed by atoms with van der Waals surface area (Å²) in [5.74, 6) is -1.56. The number of hydrogen-bond donors (Lipinski definition) is 2. The minimum atomic E-state index is -5.07. The lowest BCUT2D eigenvalue weighted by Gasteiger charge is -2.46. The molecule has 1 atom stereocenters. The number of ether oxygens (including phenoxy) is 2. The summed E-state index contributed by atoms with van der Waals surface area (Å²) in [6, 6.07) is 10.1. The van der Waals surface area contributed by atoms with Gasteiger partial charge in [-0.25, -0.2) is 0 Å². The highest BCUT2D eigenvalue weighted by atomic mass is 19.4. The van der Waals surface area contributed by atoms with Crippen LogP contribution in [0.1, 0.15) is 61.3 Å². The van der Waals surface area contributed by atoms with Crippen molar-refractivity contribution in [1.29, 1.82) is 0 Å². The summed E-state index contributed by atoms with van der Waals surface area (Å²) >= 11 is 0. The molecule has 2 aromatic rings. The fraction of sp³-hybridized carbons (Fsp3) is 0.519. The molecule has 0 bridgehead atoms. The molecule has 5 nitrogen and oxygen atoms in total. The molecular weight excluding hydrogens is 516 g/mol. The molecule has 2 aliphatic rings. The smallest absolute Gasteiger partial charge is 0.396 e. The van der Waals surface area contributed by atoms with Crippen molar-refractivity contribution in [3.05, 3.63) is 70.8 Å². The van der Waals surface area contributed by atoms with Crippen LogP contribution in [0.15, 0.2) is 48.5 Å². The van der Waals surface area contributed by atoms with Crippen molar-refractivity contribution in [2.45, 2.75) is 68.1 Å². The second kappa shape index (κ2) is 10.2. The van der Waals surface area contributed by atoms with Crippen LogP contribution in [0.2, 0.25) is 0 Å². The first kappa shape index (κ1) is 28.4. The molecule has 38 heavy (non-hydrogen) atoms. The average molecular weight is 546 g/mol. The van der Waals surface area contributed by atoms with Crippen molar-refractivity contribution in [3.8, 4) is 0 Å². The number of amides is 1. The number of halogens is 6. The first-order chi connectivity index (χ1) is 17.7. The Bertz CT molecular complexity index is 1100. The van der Waals surface area contributed by atoms with Crippen LogP contribution in [-0.4, -0.2) is 36.6 Å². The number of alkyl halides is 6. The molecule has 4 rings (SSSR count). The van der Waals surface area contributed by atoms with E-state index in [2.05, 4.69) is 5.32 Å². The lowest BCUT2D eigenvalue weighted by Crippen LogP contribution is -2.56. The molecule has 1 saturated heterocycles. The van der Waals surface area contributed by atoms with Gasteiger partial charge in [0.25, 0.3) is 0 Å². The van der Waals surface area contributed by atoms with Crippen molar-refractivity contribution in [2.24, 2.45) is 0 Å². The molecule has 208 valence electrons. The van der Waals surface area contributed by atoms with Crippen LogP contribution in [0, 0.1) is 0 Å². The molecule has 11 heteroatoms. The highest BCUT2D eigenvalue weighted by molar-refractivity contribution is 5.88. The molecule has 1 saturated carbocycles.